The molecule has 0 bridgehead atoms. The average Bonchev–Trinajstić information content (AvgIpc) is 2.53. The van der Waals surface area contributed by atoms with Crippen LogP contribution in [0.4, 0.5) is 0 Å². The van der Waals surface area contributed by atoms with Crippen molar-refractivity contribution in [2.45, 2.75) is 32.6 Å². The van der Waals surface area contributed by atoms with Gasteiger partial charge in [0.2, 0.25) is 5.91 Å². The summed E-state index contributed by atoms with van der Waals surface area (Å²) in [5.41, 5.74) is 0. The normalized spacial score (nSPS) is 22.5. The van der Waals surface area contributed by atoms with Gasteiger partial charge in [-0.05, 0) is 19.9 Å². The van der Waals surface area contributed by atoms with Crippen LogP contribution in [0.5, 0.6) is 0 Å². The minimum absolute atomic E-state index is 0.191. The lowest BCUT2D eigenvalue weighted by Crippen LogP contribution is -2.46. The zero-order valence-electron chi connectivity index (χ0n) is 13.5. The number of likely N-dealkylation sites (tertiary alicyclic amines) is 1. The van der Waals surface area contributed by atoms with Gasteiger partial charge in [0.1, 0.15) is 5.78 Å². The highest BCUT2D eigenvalue weighted by molar-refractivity contribution is 5.81. The summed E-state index contributed by atoms with van der Waals surface area (Å²) in [6, 6.07) is 0. The summed E-state index contributed by atoms with van der Waals surface area (Å²) in [5, 5.41) is 0. The predicted molar refractivity (Wildman–Crippen MR) is 83.2 cm³/mol. The molecule has 1 amide bonds. The number of nitrogens with zero attached hydrogens (tertiary/aromatic N) is 3. The van der Waals surface area contributed by atoms with Crippen LogP contribution in [0, 0.1) is 5.92 Å². The molecule has 2 rings (SSSR count). The van der Waals surface area contributed by atoms with Crippen LogP contribution in [0.2, 0.25) is 0 Å². The summed E-state index contributed by atoms with van der Waals surface area (Å²) in [6.07, 6.45) is 2.96. The van der Waals surface area contributed by atoms with Crippen LogP contribution in [0.1, 0.15) is 32.6 Å². The lowest BCUT2D eigenvalue weighted by molar-refractivity contribution is -0.135. The zero-order chi connectivity index (χ0) is 15.2. The minimum atomic E-state index is 0.191. The van der Waals surface area contributed by atoms with Gasteiger partial charge < -0.3 is 14.7 Å². The first-order chi connectivity index (χ1) is 10.1. The number of amides is 1. The molecule has 2 fully saturated rings. The second-order valence-corrected chi connectivity index (χ2v) is 6.37. The van der Waals surface area contributed by atoms with Gasteiger partial charge in [-0.15, -0.1) is 0 Å². The van der Waals surface area contributed by atoms with E-state index in [0.29, 0.717) is 18.6 Å². The first kappa shape index (κ1) is 16.4. The summed E-state index contributed by atoms with van der Waals surface area (Å²) >= 11 is 0. The van der Waals surface area contributed by atoms with Crippen LogP contribution in [0.25, 0.3) is 0 Å². The largest absolute Gasteiger partial charge is 0.343 e. The Balaban J connectivity index is 1.66. The van der Waals surface area contributed by atoms with Gasteiger partial charge in [-0.2, -0.15) is 0 Å². The fraction of sp³-hybridized carbons (Fsp3) is 0.875. The molecule has 0 unspecified atom stereocenters. The number of piperidine rings is 1. The molecule has 5 heteroatoms. The van der Waals surface area contributed by atoms with Gasteiger partial charge in [0.25, 0.3) is 0 Å². The first-order valence-corrected chi connectivity index (χ1v) is 8.31. The summed E-state index contributed by atoms with van der Waals surface area (Å²) < 4.78 is 0. The molecule has 0 radical (unpaired) electrons. The van der Waals surface area contributed by atoms with Crippen molar-refractivity contribution in [1.29, 1.82) is 0 Å². The van der Waals surface area contributed by atoms with Crippen LogP contribution in [0.15, 0.2) is 0 Å². The molecule has 0 aromatic heterocycles. The van der Waals surface area contributed by atoms with E-state index in [1.165, 1.54) is 0 Å². The highest BCUT2D eigenvalue weighted by Crippen LogP contribution is 2.19. The van der Waals surface area contributed by atoms with Gasteiger partial charge >= 0.3 is 0 Å². The van der Waals surface area contributed by atoms with Crippen LogP contribution >= 0.6 is 0 Å². The third-order valence-electron chi connectivity index (χ3n) is 4.89. The molecule has 5 nitrogen and oxygen atoms in total. The summed E-state index contributed by atoms with van der Waals surface area (Å²) in [7, 11) is 2.14. The quantitative estimate of drug-likeness (QED) is 0.754. The summed E-state index contributed by atoms with van der Waals surface area (Å²) in [4.78, 5) is 30.6. The predicted octanol–water partition coefficient (Wildman–Crippen LogP) is 0.842. The van der Waals surface area contributed by atoms with E-state index < -0.39 is 0 Å². The lowest BCUT2D eigenvalue weighted by Gasteiger charge is -2.34. The maximum absolute atomic E-state index is 12.3. The highest BCUT2D eigenvalue weighted by atomic mass is 16.2. The maximum atomic E-state index is 12.3. The van der Waals surface area contributed by atoms with Gasteiger partial charge in [-0.25, -0.2) is 0 Å². The molecule has 0 aliphatic carbocycles. The number of rotatable bonds is 5. The molecule has 2 aliphatic heterocycles. The average molecular weight is 295 g/mol. The summed E-state index contributed by atoms with van der Waals surface area (Å²) in [6.45, 7) is 8.65. The molecule has 120 valence electrons. The van der Waals surface area contributed by atoms with E-state index >= 15 is 0 Å². The monoisotopic (exact) mass is 295 g/mol. The van der Waals surface area contributed by atoms with E-state index in [2.05, 4.69) is 16.8 Å². The van der Waals surface area contributed by atoms with Gasteiger partial charge in [0.15, 0.2) is 0 Å². The van der Waals surface area contributed by atoms with Gasteiger partial charge in [-0.1, -0.05) is 6.92 Å². The maximum Gasteiger partial charge on any atom is 0.223 e. The van der Waals surface area contributed by atoms with Crippen LogP contribution < -0.4 is 0 Å². The number of Topliss-reactive ketones (excluding diaryl/α,β-unsaturated/α-hetero) is 1. The van der Waals surface area contributed by atoms with Gasteiger partial charge in [0.05, 0.1) is 0 Å². The van der Waals surface area contributed by atoms with Crippen molar-refractivity contribution >= 4 is 11.7 Å². The standard InChI is InChI=1S/C16H29N3O2/c1-3-15(20)14-4-8-19(9-5-14)16(21)6-7-18-12-10-17(2)11-13-18/h14H,3-13H2,1-2H3. The van der Waals surface area contributed by atoms with E-state index in [1.54, 1.807) is 0 Å². The van der Waals surface area contributed by atoms with Crippen molar-refractivity contribution in [3.8, 4) is 0 Å². The molecule has 21 heavy (non-hydrogen) atoms. The second-order valence-electron chi connectivity index (χ2n) is 6.37. The van der Waals surface area contributed by atoms with Gasteiger partial charge in [0, 0.05) is 64.6 Å². The Morgan fingerprint density at radius 3 is 2.19 bits per heavy atom. The van der Waals surface area contributed by atoms with Gasteiger partial charge in [-0.3, -0.25) is 9.59 Å². The molecule has 0 atom stereocenters. The van der Waals surface area contributed by atoms with E-state index in [-0.39, 0.29) is 11.8 Å². The molecular formula is C16H29N3O2. The molecule has 0 N–H and O–H groups in total. The van der Waals surface area contributed by atoms with Crippen molar-refractivity contribution in [2.24, 2.45) is 5.92 Å². The number of hydrogen-bond donors (Lipinski definition) is 0. The SMILES string of the molecule is CCC(=O)C1CCN(C(=O)CCN2CCN(C)CC2)CC1. The molecule has 2 heterocycles. The zero-order valence-corrected chi connectivity index (χ0v) is 13.5. The lowest BCUT2D eigenvalue weighted by atomic mass is 9.91. The van der Waals surface area contributed by atoms with Crippen LogP contribution in [-0.4, -0.2) is 79.3 Å². The fourth-order valence-corrected chi connectivity index (χ4v) is 3.22. The van der Waals surface area contributed by atoms with Crippen molar-refractivity contribution in [2.75, 3.05) is 52.9 Å². The molecule has 0 spiro atoms. The number of likely N-dealkylation sites (N-methyl/N-ethyl adjacent to an activating group) is 1. The number of piperazine rings is 1. The fourth-order valence-electron chi connectivity index (χ4n) is 3.22. The third-order valence-corrected chi connectivity index (χ3v) is 4.89. The number of carbonyl (C=O) groups is 2. The third kappa shape index (κ3) is 4.78. The number of carbonyl (C=O) groups excluding carboxylic acids is 2. The minimum Gasteiger partial charge on any atom is -0.343 e. The molecule has 0 saturated carbocycles. The number of hydrogen-bond acceptors (Lipinski definition) is 4. The molecule has 2 saturated heterocycles. The Kier molecular flexibility index (Phi) is 6.18. The van der Waals surface area contributed by atoms with Crippen LogP contribution in [-0.2, 0) is 9.59 Å². The van der Waals surface area contributed by atoms with E-state index in [0.717, 1.165) is 58.7 Å². The second kappa shape index (κ2) is 7.90. The van der Waals surface area contributed by atoms with Crippen molar-refractivity contribution in [1.82, 2.24) is 14.7 Å². The molecular weight excluding hydrogens is 266 g/mol. The van der Waals surface area contributed by atoms with E-state index in [4.69, 9.17) is 0 Å². The summed E-state index contributed by atoms with van der Waals surface area (Å²) in [5.74, 6) is 0.813. The molecule has 0 aromatic rings. The Hall–Kier alpha value is -0.940. The van der Waals surface area contributed by atoms with Crippen molar-refractivity contribution in [3.63, 3.8) is 0 Å². The first-order valence-electron chi connectivity index (χ1n) is 8.31. The molecule has 0 aromatic carbocycles. The molecule has 2 aliphatic rings. The smallest absolute Gasteiger partial charge is 0.223 e. The van der Waals surface area contributed by atoms with Crippen molar-refractivity contribution < 1.29 is 9.59 Å². The van der Waals surface area contributed by atoms with Crippen molar-refractivity contribution in [3.05, 3.63) is 0 Å². The Morgan fingerprint density at radius 1 is 1.00 bits per heavy atom. The van der Waals surface area contributed by atoms with E-state index in [1.807, 2.05) is 11.8 Å². The Morgan fingerprint density at radius 2 is 1.62 bits per heavy atom. The van der Waals surface area contributed by atoms with E-state index in [9.17, 15) is 9.59 Å². The topological polar surface area (TPSA) is 43.9 Å². The number of ketones is 1. The Labute approximate surface area is 128 Å². The highest BCUT2D eigenvalue weighted by Gasteiger charge is 2.26. The van der Waals surface area contributed by atoms with Crippen LogP contribution in [0.3, 0.4) is 0 Å². The Bertz CT molecular complexity index is 357.